The Bertz CT molecular complexity index is 890. The summed E-state index contributed by atoms with van der Waals surface area (Å²) in [5, 5.41) is 0.971. The Hall–Kier alpha value is -2.18. The molecule has 1 aromatic carbocycles. The molecule has 0 aliphatic carbocycles. The molecule has 2 aromatic rings. The second kappa shape index (κ2) is 8.88. The zero-order valence-corrected chi connectivity index (χ0v) is 17.2. The van der Waals surface area contributed by atoms with Gasteiger partial charge in [0, 0.05) is 37.1 Å². The van der Waals surface area contributed by atoms with Crippen LogP contribution in [0.3, 0.4) is 0 Å². The molecule has 1 aromatic heterocycles. The maximum atomic E-state index is 12.2. The zero-order chi connectivity index (χ0) is 20.3. The van der Waals surface area contributed by atoms with Gasteiger partial charge in [0.25, 0.3) is 0 Å². The van der Waals surface area contributed by atoms with Crippen LogP contribution in [0.4, 0.5) is 0 Å². The minimum atomic E-state index is -0.338. The van der Waals surface area contributed by atoms with Crippen LogP contribution in [0.2, 0.25) is 0 Å². The van der Waals surface area contributed by atoms with Crippen LogP contribution in [0.5, 0.6) is 0 Å². The van der Waals surface area contributed by atoms with E-state index in [1.807, 2.05) is 12.1 Å². The van der Waals surface area contributed by atoms with E-state index in [0.717, 1.165) is 36.8 Å². The first-order valence-electron chi connectivity index (χ1n) is 9.93. The lowest BCUT2D eigenvalue weighted by Crippen LogP contribution is -2.39. The number of ether oxygens (including phenoxy) is 1. The summed E-state index contributed by atoms with van der Waals surface area (Å²) in [5.41, 5.74) is 2.43. The van der Waals surface area contributed by atoms with E-state index in [1.54, 1.807) is 6.07 Å². The van der Waals surface area contributed by atoms with Crippen LogP contribution in [0, 0.1) is 5.92 Å². The molecule has 1 aliphatic rings. The van der Waals surface area contributed by atoms with Gasteiger partial charge >= 0.3 is 11.6 Å². The Morgan fingerprint density at radius 3 is 2.71 bits per heavy atom. The lowest BCUT2D eigenvalue weighted by Gasteiger charge is -2.29. The van der Waals surface area contributed by atoms with Gasteiger partial charge in [-0.1, -0.05) is 13.0 Å². The minimum Gasteiger partial charge on any atom is -0.469 e. The molecule has 1 aliphatic heterocycles. The van der Waals surface area contributed by atoms with E-state index in [1.165, 1.54) is 12.7 Å². The van der Waals surface area contributed by atoms with E-state index >= 15 is 0 Å². The fourth-order valence-corrected chi connectivity index (χ4v) is 4.04. The van der Waals surface area contributed by atoms with Crippen LogP contribution >= 0.6 is 0 Å². The van der Waals surface area contributed by atoms with Gasteiger partial charge in [0.2, 0.25) is 0 Å². The van der Waals surface area contributed by atoms with Gasteiger partial charge < -0.3 is 14.1 Å². The van der Waals surface area contributed by atoms with Crippen molar-refractivity contribution >= 4 is 16.9 Å². The summed E-state index contributed by atoms with van der Waals surface area (Å²) in [6, 6.07) is 7.92. The Morgan fingerprint density at radius 1 is 1.25 bits per heavy atom. The Labute approximate surface area is 166 Å². The number of nitrogens with zero attached hydrogens (tertiary/aromatic N) is 2. The van der Waals surface area contributed by atoms with Crippen LogP contribution in [-0.2, 0) is 22.5 Å². The number of fused-ring (bicyclic) bond motifs is 1. The molecule has 0 amide bonds. The predicted molar refractivity (Wildman–Crippen MR) is 109 cm³/mol. The summed E-state index contributed by atoms with van der Waals surface area (Å²) < 4.78 is 10.4. The maximum Gasteiger partial charge on any atom is 0.336 e. The number of methoxy groups -OCH3 is 1. The van der Waals surface area contributed by atoms with Crippen molar-refractivity contribution in [2.75, 3.05) is 34.3 Å². The van der Waals surface area contributed by atoms with E-state index in [0.29, 0.717) is 24.7 Å². The summed E-state index contributed by atoms with van der Waals surface area (Å²) in [6.45, 7) is 4.19. The number of aryl methyl sites for hydroxylation is 1. The lowest BCUT2D eigenvalue weighted by molar-refractivity contribution is -0.146. The topological polar surface area (TPSA) is 63.0 Å². The molecule has 3 rings (SSSR count). The van der Waals surface area contributed by atoms with Crippen molar-refractivity contribution in [2.24, 2.45) is 5.92 Å². The zero-order valence-electron chi connectivity index (χ0n) is 17.2. The Morgan fingerprint density at radius 2 is 2.04 bits per heavy atom. The molecule has 28 heavy (non-hydrogen) atoms. The summed E-state index contributed by atoms with van der Waals surface area (Å²) in [7, 11) is 5.59. The van der Waals surface area contributed by atoms with Gasteiger partial charge in [-0.2, -0.15) is 0 Å². The predicted octanol–water partition coefficient (Wildman–Crippen LogP) is 2.67. The average molecular weight is 386 g/mol. The van der Waals surface area contributed by atoms with Crippen LogP contribution < -0.4 is 5.63 Å². The quantitative estimate of drug-likeness (QED) is 0.582. The molecule has 2 heterocycles. The van der Waals surface area contributed by atoms with Crippen molar-refractivity contribution in [2.45, 2.75) is 38.8 Å². The smallest absolute Gasteiger partial charge is 0.336 e. The molecule has 2 atom stereocenters. The molecule has 1 saturated heterocycles. The number of hydrogen-bond donors (Lipinski definition) is 0. The van der Waals surface area contributed by atoms with Crippen molar-refractivity contribution in [1.29, 1.82) is 0 Å². The average Bonchev–Trinajstić information content (AvgIpc) is 2.90. The number of esters is 1. The normalized spacial score (nSPS) is 21.0. The number of carbonyl (C=O) groups is 1. The highest BCUT2D eigenvalue weighted by Gasteiger charge is 2.30. The van der Waals surface area contributed by atoms with Crippen LogP contribution in [0.15, 0.2) is 33.5 Å². The molecule has 6 nitrogen and oxygen atoms in total. The first-order valence-corrected chi connectivity index (χ1v) is 9.93. The maximum absolute atomic E-state index is 12.2. The van der Waals surface area contributed by atoms with Gasteiger partial charge in [-0.25, -0.2) is 4.79 Å². The number of benzene rings is 1. The van der Waals surface area contributed by atoms with Crippen LogP contribution in [-0.4, -0.2) is 56.1 Å². The first-order chi connectivity index (χ1) is 13.4. The molecule has 152 valence electrons. The van der Waals surface area contributed by atoms with E-state index in [9.17, 15) is 9.59 Å². The van der Waals surface area contributed by atoms with Crippen molar-refractivity contribution in [3.63, 3.8) is 0 Å². The Kier molecular flexibility index (Phi) is 6.52. The fourth-order valence-electron chi connectivity index (χ4n) is 4.04. The molecule has 0 spiro atoms. The summed E-state index contributed by atoms with van der Waals surface area (Å²) in [5.74, 6) is -0.303. The molecule has 6 heteroatoms. The SMILES string of the molecule is CCc1ccc2oc(=O)cc(CN3C[C@@H](C(=O)OC)CC[C@@H](N(C)C)C3)c2c1. The number of hydrogen-bond acceptors (Lipinski definition) is 6. The monoisotopic (exact) mass is 386 g/mol. The van der Waals surface area contributed by atoms with Crippen molar-refractivity contribution in [3.8, 4) is 0 Å². The third-order valence-electron chi connectivity index (χ3n) is 5.76. The molecule has 0 unspecified atom stereocenters. The lowest BCUT2D eigenvalue weighted by atomic mass is 10.0. The number of likely N-dealkylation sites (N-methyl/N-ethyl adjacent to an activating group) is 1. The first kappa shape index (κ1) is 20.6. The van der Waals surface area contributed by atoms with Crippen LogP contribution in [0.25, 0.3) is 11.0 Å². The molecule has 0 saturated carbocycles. The van der Waals surface area contributed by atoms with Crippen molar-refractivity contribution in [3.05, 3.63) is 45.8 Å². The van der Waals surface area contributed by atoms with Gasteiger partial charge in [-0.15, -0.1) is 0 Å². The second-order valence-corrected chi connectivity index (χ2v) is 7.88. The molecule has 0 radical (unpaired) electrons. The van der Waals surface area contributed by atoms with E-state index < -0.39 is 0 Å². The Balaban J connectivity index is 1.94. The molecule has 0 bridgehead atoms. The second-order valence-electron chi connectivity index (χ2n) is 7.88. The van der Waals surface area contributed by atoms with Gasteiger partial charge in [-0.3, -0.25) is 9.69 Å². The van der Waals surface area contributed by atoms with E-state index in [-0.39, 0.29) is 17.5 Å². The third kappa shape index (κ3) is 4.62. The van der Waals surface area contributed by atoms with Crippen molar-refractivity contribution < 1.29 is 13.9 Å². The van der Waals surface area contributed by atoms with Gasteiger partial charge in [0.05, 0.1) is 13.0 Å². The highest BCUT2D eigenvalue weighted by atomic mass is 16.5. The van der Waals surface area contributed by atoms with Crippen LogP contribution in [0.1, 0.15) is 30.9 Å². The summed E-state index contributed by atoms with van der Waals surface area (Å²) in [4.78, 5) is 28.8. The highest BCUT2D eigenvalue weighted by Crippen LogP contribution is 2.25. The fraction of sp³-hybridized carbons (Fsp3) is 0.545. The summed E-state index contributed by atoms with van der Waals surface area (Å²) in [6.07, 6.45) is 2.68. The molecular weight excluding hydrogens is 356 g/mol. The summed E-state index contributed by atoms with van der Waals surface area (Å²) >= 11 is 0. The minimum absolute atomic E-state index is 0.146. The standard InChI is InChI=1S/C22H30N2O4/c1-5-15-6-9-20-19(10-15)17(11-21(25)28-20)13-24-12-16(22(26)27-4)7-8-18(14-24)23(2)3/h6,9-11,16,18H,5,7-8,12-14H2,1-4H3/t16-,18+/m0/s1. The van der Waals surface area contributed by atoms with Crippen molar-refractivity contribution in [1.82, 2.24) is 9.80 Å². The largest absolute Gasteiger partial charge is 0.469 e. The van der Waals surface area contributed by atoms with Gasteiger partial charge in [0.15, 0.2) is 0 Å². The number of rotatable bonds is 5. The van der Waals surface area contributed by atoms with Gasteiger partial charge in [0.1, 0.15) is 5.58 Å². The molecule has 0 N–H and O–H groups in total. The molecular formula is C22H30N2O4. The molecule has 1 fully saturated rings. The number of likely N-dealkylation sites (tertiary alicyclic amines) is 1. The van der Waals surface area contributed by atoms with Gasteiger partial charge in [-0.05, 0) is 56.6 Å². The number of carbonyl (C=O) groups excluding carboxylic acids is 1. The van der Waals surface area contributed by atoms with E-state index in [2.05, 4.69) is 36.9 Å². The third-order valence-corrected chi connectivity index (χ3v) is 5.76. The van der Waals surface area contributed by atoms with E-state index in [4.69, 9.17) is 9.15 Å². The highest BCUT2D eigenvalue weighted by molar-refractivity contribution is 5.81.